The molecule has 0 bridgehead atoms. The molecule has 0 atom stereocenters. The zero-order valence-corrected chi connectivity index (χ0v) is 13.7. The highest BCUT2D eigenvalue weighted by molar-refractivity contribution is 6.33. The van der Waals surface area contributed by atoms with E-state index in [2.05, 4.69) is 9.97 Å². The van der Waals surface area contributed by atoms with Crippen molar-refractivity contribution in [3.8, 4) is 6.07 Å². The van der Waals surface area contributed by atoms with Crippen molar-refractivity contribution in [1.82, 2.24) is 9.97 Å². The van der Waals surface area contributed by atoms with Crippen molar-refractivity contribution in [2.45, 2.75) is 6.18 Å². The van der Waals surface area contributed by atoms with Crippen LogP contribution in [0.3, 0.4) is 0 Å². The minimum Gasteiger partial charge on any atom is -0.353 e. The molecule has 2 aromatic heterocycles. The molecule has 1 aliphatic rings. The summed E-state index contributed by atoms with van der Waals surface area (Å²) in [6.07, 6.45) is -3.67. The summed E-state index contributed by atoms with van der Waals surface area (Å²) in [7, 11) is 0. The fraction of sp³-hybridized carbons (Fsp3) is 0.312. The van der Waals surface area contributed by atoms with E-state index in [1.54, 1.807) is 12.1 Å². The molecular formula is C16H13ClF3N5. The Morgan fingerprint density at radius 2 is 1.80 bits per heavy atom. The molecule has 0 saturated carbocycles. The van der Waals surface area contributed by atoms with E-state index < -0.39 is 11.7 Å². The van der Waals surface area contributed by atoms with E-state index >= 15 is 0 Å². The van der Waals surface area contributed by atoms with Gasteiger partial charge >= 0.3 is 6.18 Å². The maximum absolute atomic E-state index is 12.7. The largest absolute Gasteiger partial charge is 0.417 e. The number of hydrogen-bond acceptors (Lipinski definition) is 5. The molecule has 3 rings (SSSR count). The summed E-state index contributed by atoms with van der Waals surface area (Å²) in [4.78, 5) is 12.0. The van der Waals surface area contributed by atoms with Crippen LogP contribution in [-0.2, 0) is 6.18 Å². The summed E-state index contributed by atoms with van der Waals surface area (Å²) in [5.41, 5.74) is -0.523. The number of halogens is 4. The van der Waals surface area contributed by atoms with E-state index in [0.29, 0.717) is 43.5 Å². The molecular weight excluding hydrogens is 355 g/mol. The lowest BCUT2D eigenvalue weighted by Gasteiger charge is -2.36. The summed E-state index contributed by atoms with van der Waals surface area (Å²) in [5.74, 6) is 1.04. The third-order valence-corrected chi connectivity index (χ3v) is 4.18. The monoisotopic (exact) mass is 367 g/mol. The van der Waals surface area contributed by atoms with Crippen LogP contribution in [0.25, 0.3) is 0 Å². The molecule has 3 heterocycles. The highest BCUT2D eigenvalue weighted by Gasteiger charge is 2.32. The van der Waals surface area contributed by atoms with Gasteiger partial charge in [-0.05, 0) is 18.2 Å². The Kier molecular flexibility index (Phi) is 4.68. The topological polar surface area (TPSA) is 56.1 Å². The van der Waals surface area contributed by atoms with E-state index in [4.69, 9.17) is 16.9 Å². The van der Waals surface area contributed by atoms with Crippen LogP contribution in [0.4, 0.5) is 24.8 Å². The van der Waals surface area contributed by atoms with Crippen LogP contribution in [0.15, 0.2) is 30.5 Å². The highest BCUT2D eigenvalue weighted by Crippen LogP contribution is 2.33. The Morgan fingerprint density at radius 1 is 1.12 bits per heavy atom. The molecule has 0 aliphatic carbocycles. The molecule has 0 radical (unpaired) electrons. The predicted octanol–water partition coefficient (Wildman–Crippen LogP) is 3.35. The maximum Gasteiger partial charge on any atom is 0.417 e. The van der Waals surface area contributed by atoms with Crippen molar-refractivity contribution < 1.29 is 13.2 Å². The van der Waals surface area contributed by atoms with Crippen molar-refractivity contribution in [2.24, 2.45) is 0 Å². The van der Waals surface area contributed by atoms with Crippen molar-refractivity contribution in [1.29, 1.82) is 5.26 Å². The minimum atomic E-state index is -4.47. The molecule has 130 valence electrons. The predicted molar refractivity (Wildman–Crippen MR) is 87.6 cm³/mol. The second-order valence-electron chi connectivity index (χ2n) is 5.49. The van der Waals surface area contributed by atoms with Gasteiger partial charge in [-0.2, -0.15) is 18.4 Å². The summed E-state index contributed by atoms with van der Waals surface area (Å²) in [5, 5.41) is 8.90. The van der Waals surface area contributed by atoms with Gasteiger partial charge in [0.15, 0.2) is 0 Å². The molecule has 1 saturated heterocycles. The van der Waals surface area contributed by atoms with Crippen LogP contribution in [-0.4, -0.2) is 36.1 Å². The molecule has 9 heteroatoms. The number of hydrogen-bond donors (Lipinski definition) is 0. The van der Waals surface area contributed by atoms with Gasteiger partial charge in [-0.15, -0.1) is 0 Å². The van der Waals surface area contributed by atoms with Crippen LogP contribution in [0.1, 0.15) is 11.3 Å². The summed E-state index contributed by atoms with van der Waals surface area (Å²) >= 11 is 6.00. The van der Waals surface area contributed by atoms with E-state index in [-0.39, 0.29) is 5.02 Å². The van der Waals surface area contributed by atoms with Gasteiger partial charge in [0.05, 0.1) is 10.6 Å². The van der Waals surface area contributed by atoms with Crippen LogP contribution in [0.5, 0.6) is 0 Å². The Labute approximate surface area is 147 Å². The molecule has 1 aliphatic heterocycles. The first-order valence-electron chi connectivity index (χ1n) is 7.48. The lowest BCUT2D eigenvalue weighted by atomic mass is 10.2. The lowest BCUT2D eigenvalue weighted by molar-refractivity contribution is -0.137. The minimum absolute atomic E-state index is 0.0205. The molecule has 0 N–H and O–H groups in total. The van der Waals surface area contributed by atoms with E-state index in [0.717, 1.165) is 12.3 Å². The van der Waals surface area contributed by atoms with Gasteiger partial charge in [-0.1, -0.05) is 17.7 Å². The number of alkyl halides is 3. The lowest BCUT2D eigenvalue weighted by Crippen LogP contribution is -2.47. The van der Waals surface area contributed by atoms with Gasteiger partial charge in [-0.25, -0.2) is 9.97 Å². The second-order valence-corrected chi connectivity index (χ2v) is 5.90. The van der Waals surface area contributed by atoms with Gasteiger partial charge in [0.25, 0.3) is 0 Å². The normalized spacial score (nSPS) is 15.2. The number of nitriles is 1. The smallest absolute Gasteiger partial charge is 0.353 e. The Balaban J connectivity index is 1.71. The molecule has 0 amide bonds. The van der Waals surface area contributed by atoms with E-state index in [1.807, 2.05) is 21.9 Å². The first-order chi connectivity index (χ1) is 11.9. The number of piperazine rings is 1. The van der Waals surface area contributed by atoms with Crippen LogP contribution < -0.4 is 9.80 Å². The first-order valence-corrected chi connectivity index (χ1v) is 7.86. The number of rotatable bonds is 2. The number of nitrogens with zero attached hydrogens (tertiary/aromatic N) is 5. The molecule has 1 fully saturated rings. The summed E-state index contributed by atoms with van der Waals surface area (Å²) < 4.78 is 38.1. The number of anilines is 2. The Hall–Kier alpha value is -2.53. The van der Waals surface area contributed by atoms with Crippen molar-refractivity contribution in [2.75, 3.05) is 36.0 Å². The number of pyridine rings is 2. The summed E-state index contributed by atoms with van der Waals surface area (Å²) in [6.45, 7) is 2.27. The van der Waals surface area contributed by atoms with Gasteiger partial charge in [-0.3, -0.25) is 0 Å². The fourth-order valence-corrected chi connectivity index (χ4v) is 2.91. The molecule has 0 unspecified atom stereocenters. The highest BCUT2D eigenvalue weighted by atomic mass is 35.5. The van der Waals surface area contributed by atoms with E-state index in [9.17, 15) is 13.2 Å². The molecule has 2 aromatic rings. The standard InChI is InChI=1S/C16H13ClF3N5/c17-13-8-11(16(18,19)20)10-22-15(13)25-6-4-24(5-7-25)14-3-1-2-12(9-21)23-14/h1-3,8,10H,4-7H2. The van der Waals surface area contributed by atoms with Gasteiger partial charge < -0.3 is 9.80 Å². The number of aromatic nitrogens is 2. The average Bonchev–Trinajstić information content (AvgIpc) is 2.61. The zero-order valence-electron chi connectivity index (χ0n) is 13.0. The van der Waals surface area contributed by atoms with Crippen LogP contribution in [0.2, 0.25) is 5.02 Å². The van der Waals surface area contributed by atoms with Gasteiger partial charge in [0.2, 0.25) is 0 Å². The second kappa shape index (κ2) is 6.76. The van der Waals surface area contributed by atoms with Crippen molar-refractivity contribution in [3.63, 3.8) is 0 Å². The van der Waals surface area contributed by atoms with Crippen LogP contribution >= 0.6 is 11.6 Å². The maximum atomic E-state index is 12.7. The fourth-order valence-electron chi connectivity index (χ4n) is 2.63. The van der Waals surface area contributed by atoms with Gasteiger partial charge in [0, 0.05) is 32.4 Å². The Bertz CT molecular complexity index is 810. The SMILES string of the molecule is N#Cc1cccc(N2CCN(c3ncc(C(F)(F)F)cc3Cl)CC2)n1. The quantitative estimate of drug-likeness (QED) is 0.814. The zero-order chi connectivity index (χ0) is 18.0. The first kappa shape index (κ1) is 17.3. The molecule has 5 nitrogen and oxygen atoms in total. The van der Waals surface area contributed by atoms with E-state index in [1.165, 1.54) is 0 Å². The average molecular weight is 368 g/mol. The van der Waals surface area contributed by atoms with Crippen molar-refractivity contribution in [3.05, 3.63) is 46.7 Å². The van der Waals surface area contributed by atoms with Gasteiger partial charge in [0.1, 0.15) is 23.4 Å². The molecule has 25 heavy (non-hydrogen) atoms. The third kappa shape index (κ3) is 3.77. The third-order valence-electron chi connectivity index (χ3n) is 3.90. The summed E-state index contributed by atoms with van der Waals surface area (Å²) in [6, 6.07) is 8.11. The molecule has 0 aromatic carbocycles. The van der Waals surface area contributed by atoms with Crippen LogP contribution in [0, 0.1) is 11.3 Å². The van der Waals surface area contributed by atoms with Crippen molar-refractivity contribution >= 4 is 23.2 Å². The molecule has 0 spiro atoms. The Morgan fingerprint density at radius 3 is 2.40 bits per heavy atom.